The Hall–Kier alpha value is -3.34. The van der Waals surface area contributed by atoms with Gasteiger partial charge < -0.3 is 14.7 Å². The zero-order valence-electron chi connectivity index (χ0n) is 18.9. The van der Waals surface area contributed by atoms with E-state index < -0.39 is 46.9 Å². The van der Waals surface area contributed by atoms with Gasteiger partial charge in [0.2, 0.25) is 0 Å². The van der Waals surface area contributed by atoms with Crippen LogP contribution in [-0.4, -0.2) is 41.0 Å². The number of nitrogens with zero attached hydrogens (tertiary/aromatic N) is 2. The minimum absolute atomic E-state index is 0.0642. The fourth-order valence-corrected chi connectivity index (χ4v) is 5.11. The van der Waals surface area contributed by atoms with Crippen molar-refractivity contribution in [2.45, 2.75) is 38.1 Å². The Kier molecular flexibility index (Phi) is 5.62. The zero-order valence-corrected chi connectivity index (χ0v) is 18.9. The number of aliphatic hydroxyl groups excluding tert-OH is 1. The summed E-state index contributed by atoms with van der Waals surface area (Å²) in [5.41, 5.74) is -1.29. The summed E-state index contributed by atoms with van der Waals surface area (Å²) >= 11 is 0. The van der Waals surface area contributed by atoms with E-state index >= 15 is 8.78 Å². The molecule has 2 N–H and O–H groups in total. The number of hydrogen-bond donors (Lipinski definition) is 2. The van der Waals surface area contributed by atoms with Crippen molar-refractivity contribution in [2.24, 2.45) is 5.92 Å². The molecule has 2 fully saturated rings. The average molecular weight is 493 g/mol. The summed E-state index contributed by atoms with van der Waals surface area (Å²) in [4.78, 5) is 28.8. The zero-order chi connectivity index (χ0) is 25.2. The molecule has 5 rings (SSSR count). The summed E-state index contributed by atoms with van der Waals surface area (Å²) in [6.45, 7) is 1.02. The Morgan fingerprint density at radius 1 is 1.17 bits per heavy atom. The van der Waals surface area contributed by atoms with Crippen LogP contribution in [0.1, 0.15) is 36.1 Å². The maximum absolute atomic E-state index is 15.7. The molecule has 2 aliphatic rings. The van der Waals surface area contributed by atoms with Gasteiger partial charge in [0.15, 0.2) is 11.6 Å². The third-order valence-electron chi connectivity index (χ3n) is 6.90. The van der Waals surface area contributed by atoms with Crippen molar-refractivity contribution in [3.05, 3.63) is 67.6 Å². The number of aromatic amines is 1. The number of ether oxygens (including phenoxy) is 1. The van der Waals surface area contributed by atoms with Gasteiger partial charge in [0.25, 0.3) is 5.56 Å². The molecule has 1 aliphatic carbocycles. The number of alkyl halides is 1. The van der Waals surface area contributed by atoms with Gasteiger partial charge >= 0.3 is 5.69 Å². The van der Waals surface area contributed by atoms with Crippen LogP contribution in [0.3, 0.4) is 0 Å². The Bertz CT molecular complexity index is 1450. The third kappa shape index (κ3) is 3.69. The van der Waals surface area contributed by atoms with E-state index in [0.717, 1.165) is 12.1 Å². The Morgan fingerprint density at radius 2 is 1.89 bits per heavy atom. The molecule has 3 unspecified atom stereocenters. The molecule has 1 aliphatic heterocycles. The maximum Gasteiger partial charge on any atom is 0.329 e. The number of methoxy groups -OCH3 is 1. The highest BCUT2D eigenvalue weighted by atomic mass is 19.1. The number of anilines is 1. The van der Waals surface area contributed by atoms with Crippen LogP contribution in [0.2, 0.25) is 0 Å². The molecule has 0 radical (unpaired) electrons. The molecule has 186 valence electrons. The third-order valence-corrected chi connectivity index (χ3v) is 6.90. The molecule has 11 heteroatoms. The summed E-state index contributed by atoms with van der Waals surface area (Å²) in [6.07, 6.45) is -1.85. The van der Waals surface area contributed by atoms with Crippen molar-refractivity contribution < 1.29 is 27.4 Å². The molecule has 3 aromatic rings. The van der Waals surface area contributed by atoms with Gasteiger partial charge in [0.05, 0.1) is 24.4 Å². The highest BCUT2D eigenvalue weighted by Gasteiger charge is 2.42. The predicted molar refractivity (Wildman–Crippen MR) is 120 cm³/mol. The lowest BCUT2D eigenvalue weighted by atomic mass is 9.93. The number of halogens is 4. The lowest BCUT2D eigenvalue weighted by Crippen LogP contribution is -2.32. The van der Waals surface area contributed by atoms with E-state index in [1.807, 2.05) is 0 Å². The topological polar surface area (TPSA) is 87.6 Å². The molecule has 1 saturated heterocycles. The second kappa shape index (κ2) is 8.40. The van der Waals surface area contributed by atoms with Crippen LogP contribution in [0.5, 0.6) is 5.75 Å². The van der Waals surface area contributed by atoms with Crippen LogP contribution in [0.25, 0.3) is 10.9 Å². The number of aliphatic hydroxyl groups is 1. The fourth-order valence-electron chi connectivity index (χ4n) is 5.11. The van der Waals surface area contributed by atoms with Crippen LogP contribution in [0.15, 0.2) is 27.8 Å². The number of hydrogen-bond acceptors (Lipinski definition) is 5. The first kappa shape index (κ1) is 23.4. The predicted octanol–water partition coefficient (Wildman–Crippen LogP) is 3.27. The van der Waals surface area contributed by atoms with E-state index in [1.165, 1.54) is 23.5 Å². The van der Waals surface area contributed by atoms with Crippen molar-refractivity contribution in [3.8, 4) is 5.75 Å². The summed E-state index contributed by atoms with van der Waals surface area (Å²) in [7, 11) is 1.19. The fraction of sp³-hybridized carbons (Fsp3) is 0.417. The minimum Gasteiger partial charge on any atom is -0.493 e. The number of aryl methyl sites for hydroxylation is 1. The van der Waals surface area contributed by atoms with Crippen LogP contribution >= 0.6 is 0 Å². The van der Waals surface area contributed by atoms with E-state index in [4.69, 9.17) is 4.74 Å². The molecule has 2 aromatic carbocycles. The van der Waals surface area contributed by atoms with Gasteiger partial charge in [-0.15, -0.1) is 0 Å². The van der Waals surface area contributed by atoms with E-state index in [-0.39, 0.29) is 52.6 Å². The minimum atomic E-state index is -1.67. The van der Waals surface area contributed by atoms with Crippen molar-refractivity contribution >= 4 is 16.6 Å². The van der Waals surface area contributed by atoms with E-state index in [9.17, 15) is 23.5 Å². The summed E-state index contributed by atoms with van der Waals surface area (Å²) in [6, 6.07) is 2.46. The Balaban J connectivity index is 1.63. The molecule has 3 atom stereocenters. The van der Waals surface area contributed by atoms with Crippen LogP contribution in [-0.2, 0) is 0 Å². The van der Waals surface area contributed by atoms with Gasteiger partial charge in [-0.1, -0.05) is 6.07 Å². The standard InChI is InChI=1S/C24H23F4N3O4/c1-10-19-17(23(33)29-24(34)31(19)12-4-5-12)22(35-2)18(28)20(10)30-8-14(16(27)9-30)21(32)13-6-3-11(25)7-15(13)26/h3,6-7,12,14,16,21,32H,4-5,8-9H2,1-2H3,(H,29,33,34). The van der Waals surface area contributed by atoms with Crippen molar-refractivity contribution in [2.75, 3.05) is 25.1 Å². The van der Waals surface area contributed by atoms with Gasteiger partial charge in [0.1, 0.15) is 23.2 Å². The molecule has 1 aromatic heterocycles. The van der Waals surface area contributed by atoms with Gasteiger partial charge in [-0.2, -0.15) is 0 Å². The highest BCUT2D eigenvalue weighted by molar-refractivity contribution is 5.93. The molecule has 0 amide bonds. The molecular weight excluding hydrogens is 470 g/mol. The van der Waals surface area contributed by atoms with Crippen molar-refractivity contribution in [1.29, 1.82) is 0 Å². The van der Waals surface area contributed by atoms with Gasteiger partial charge in [0, 0.05) is 42.2 Å². The van der Waals surface area contributed by atoms with Crippen molar-refractivity contribution in [1.82, 2.24) is 9.55 Å². The first-order valence-corrected chi connectivity index (χ1v) is 11.2. The smallest absolute Gasteiger partial charge is 0.329 e. The number of aromatic nitrogens is 2. The molecule has 0 bridgehead atoms. The number of nitrogens with one attached hydrogen (secondary N) is 1. The first-order valence-electron chi connectivity index (χ1n) is 11.2. The lowest BCUT2D eigenvalue weighted by molar-refractivity contribution is 0.0769. The normalized spacial score (nSPS) is 21.1. The van der Waals surface area contributed by atoms with Crippen molar-refractivity contribution in [3.63, 3.8) is 0 Å². The quantitative estimate of drug-likeness (QED) is 0.533. The van der Waals surface area contributed by atoms with Gasteiger partial charge in [-0.05, 0) is 25.8 Å². The lowest BCUT2D eigenvalue weighted by Gasteiger charge is -2.26. The van der Waals surface area contributed by atoms with Crippen LogP contribution in [0, 0.1) is 30.3 Å². The Morgan fingerprint density at radius 3 is 2.51 bits per heavy atom. The molecule has 2 heterocycles. The summed E-state index contributed by atoms with van der Waals surface area (Å²) in [5, 5.41) is 10.6. The molecule has 35 heavy (non-hydrogen) atoms. The van der Waals surface area contributed by atoms with Gasteiger partial charge in [-0.25, -0.2) is 22.4 Å². The second-order valence-electron chi connectivity index (χ2n) is 9.10. The van der Waals surface area contributed by atoms with E-state index in [0.29, 0.717) is 18.9 Å². The molecular formula is C24H23F4N3O4. The largest absolute Gasteiger partial charge is 0.493 e. The van der Waals surface area contributed by atoms with Crippen LogP contribution < -0.4 is 20.9 Å². The van der Waals surface area contributed by atoms with E-state index in [1.54, 1.807) is 0 Å². The molecule has 0 spiro atoms. The molecule has 1 saturated carbocycles. The molecule has 7 nitrogen and oxygen atoms in total. The highest BCUT2D eigenvalue weighted by Crippen LogP contribution is 2.44. The van der Waals surface area contributed by atoms with Gasteiger partial charge in [-0.3, -0.25) is 14.3 Å². The SMILES string of the molecule is COc1c(F)c(N2CC(F)C(C(O)c3ccc(F)cc3F)C2)c(C)c2c1c(=O)[nH]c(=O)n2C1CC1. The van der Waals surface area contributed by atoms with Crippen LogP contribution in [0.4, 0.5) is 23.2 Å². The number of rotatable bonds is 5. The number of fused-ring (bicyclic) bond motifs is 1. The average Bonchev–Trinajstić information content (AvgIpc) is 3.55. The number of benzene rings is 2. The second-order valence-corrected chi connectivity index (χ2v) is 9.10. The summed E-state index contributed by atoms with van der Waals surface area (Å²) in [5.74, 6) is -4.26. The Labute approximate surface area is 196 Å². The number of H-pyrrole nitrogens is 1. The maximum atomic E-state index is 15.7. The first-order chi connectivity index (χ1) is 16.6. The monoisotopic (exact) mass is 493 g/mol. The summed E-state index contributed by atoms with van der Waals surface area (Å²) < 4.78 is 65.0. The van der Waals surface area contributed by atoms with E-state index in [2.05, 4.69) is 4.98 Å².